The topological polar surface area (TPSA) is 67.0 Å². The number of ether oxygens (including phenoxy) is 1. The molecule has 0 atom stereocenters. The molecule has 88 valence electrons. The quantitative estimate of drug-likeness (QED) is 0.722. The highest BCUT2D eigenvalue weighted by Crippen LogP contribution is 2.27. The van der Waals surface area contributed by atoms with Gasteiger partial charge in [-0.2, -0.15) is 5.26 Å². The molecule has 3 rings (SSSR count). The summed E-state index contributed by atoms with van der Waals surface area (Å²) >= 11 is 0. The fourth-order valence-electron chi connectivity index (χ4n) is 2.64. The molecule has 0 radical (unpaired) electrons. The minimum absolute atomic E-state index is 0.000833. The third-order valence-corrected chi connectivity index (χ3v) is 3.45. The fourth-order valence-corrected chi connectivity index (χ4v) is 2.64. The fraction of sp³-hybridized carbons (Fsp3) is 0.500. The zero-order valence-corrected chi connectivity index (χ0v) is 9.45. The van der Waals surface area contributed by atoms with Crippen molar-refractivity contribution in [3.8, 4) is 6.07 Å². The van der Waals surface area contributed by atoms with E-state index < -0.39 is 0 Å². The van der Waals surface area contributed by atoms with Crippen molar-refractivity contribution in [1.29, 1.82) is 5.26 Å². The highest BCUT2D eigenvalue weighted by Gasteiger charge is 2.24. The van der Waals surface area contributed by atoms with Gasteiger partial charge in [0.1, 0.15) is 25.3 Å². The highest BCUT2D eigenvalue weighted by molar-refractivity contribution is 5.59. The molecular weight excluding hydrogens is 218 g/mol. The Morgan fingerprint density at radius 3 is 2.82 bits per heavy atom. The van der Waals surface area contributed by atoms with Crippen molar-refractivity contribution in [3.63, 3.8) is 0 Å². The molecule has 2 heterocycles. The molecule has 1 aliphatic carbocycles. The van der Waals surface area contributed by atoms with E-state index in [1.165, 1.54) is 4.57 Å². The van der Waals surface area contributed by atoms with Crippen LogP contribution in [0.2, 0.25) is 0 Å². The van der Waals surface area contributed by atoms with Gasteiger partial charge in [-0.3, -0.25) is 9.36 Å². The molecule has 1 aromatic rings. The predicted molar refractivity (Wildman–Crippen MR) is 61.6 cm³/mol. The molecule has 1 aliphatic heterocycles. The largest absolute Gasteiger partial charge is 0.347 e. The Hall–Kier alpha value is -1.80. The van der Waals surface area contributed by atoms with Gasteiger partial charge in [0.15, 0.2) is 0 Å². The number of hydrogen-bond acceptors (Lipinski definition) is 4. The SMILES string of the molecule is N#Cc1c2c(c(=O)n3c1NCOC3)CCCC2. The van der Waals surface area contributed by atoms with Crippen molar-refractivity contribution < 1.29 is 4.74 Å². The number of nitrogens with one attached hydrogen (secondary N) is 1. The number of fused-ring (bicyclic) bond motifs is 2. The Bertz CT molecular complexity index is 528. The summed E-state index contributed by atoms with van der Waals surface area (Å²) < 4.78 is 6.74. The maximum atomic E-state index is 12.3. The lowest BCUT2D eigenvalue weighted by Crippen LogP contribution is -2.35. The van der Waals surface area contributed by atoms with Gasteiger partial charge in [0, 0.05) is 5.56 Å². The van der Waals surface area contributed by atoms with E-state index in [2.05, 4.69) is 11.4 Å². The van der Waals surface area contributed by atoms with Crippen molar-refractivity contribution in [2.75, 3.05) is 12.0 Å². The zero-order chi connectivity index (χ0) is 11.8. The molecule has 0 bridgehead atoms. The number of anilines is 1. The van der Waals surface area contributed by atoms with Crippen LogP contribution in [0, 0.1) is 11.3 Å². The monoisotopic (exact) mass is 231 g/mol. The molecule has 0 saturated heterocycles. The Morgan fingerprint density at radius 2 is 2.06 bits per heavy atom. The molecule has 5 heteroatoms. The highest BCUT2D eigenvalue weighted by atomic mass is 16.5. The van der Waals surface area contributed by atoms with Crippen molar-refractivity contribution in [1.82, 2.24) is 4.57 Å². The molecule has 0 aromatic carbocycles. The zero-order valence-electron chi connectivity index (χ0n) is 9.45. The second-order valence-electron chi connectivity index (χ2n) is 4.39. The Morgan fingerprint density at radius 1 is 1.29 bits per heavy atom. The van der Waals surface area contributed by atoms with E-state index in [9.17, 15) is 10.1 Å². The molecule has 2 aliphatic rings. The van der Waals surface area contributed by atoms with Crippen LogP contribution < -0.4 is 10.9 Å². The van der Waals surface area contributed by atoms with Crippen molar-refractivity contribution >= 4 is 5.82 Å². The van der Waals surface area contributed by atoms with E-state index in [0.717, 1.165) is 36.8 Å². The average Bonchev–Trinajstić information content (AvgIpc) is 2.40. The molecule has 5 nitrogen and oxygen atoms in total. The standard InChI is InChI=1S/C12H13N3O2/c13-5-10-8-3-1-2-4-9(8)12(16)15-7-17-6-14-11(10)15/h14H,1-4,6-7H2. The van der Waals surface area contributed by atoms with Crippen LogP contribution in [0.25, 0.3) is 0 Å². The van der Waals surface area contributed by atoms with Gasteiger partial charge in [-0.1, -0.05) is 0 Å². The normalized spacial score (nSPS) is 17.6. The molecule has 0 fully saturated rings. The van der Waals surface area contributed by atoms with E-state index in [4.69, 9.17) is 4.74 Å². The Labute approximate surface area is 98.6 Å². The first kappa shape index (κ1) is 10.4. The lowest BCUT2D eigenvalue weighted by molar-refractivity contribution is 0.0759. The van der Waals surface area contributed by atoms with Crippen LogP contribution in [0.5, 0.6) is 0 Å². The summed E-state index contributed by atoms with van der Waals surface area (Å²) in [5, 5.41) is 12.3. The molecular formula is C12H13N3O2. The van der Waals surface area contributed by atoms with E-state index in [-0.39, 0.29) is 12.3 Å². The van der Waals surface area contributed by atoms with E-state index in [1.807, 2.05) is 0 Å². The Balaban J connectivity index is 2.34. The first-order valence-electron chi connectivity index (χ1n) is 5.83. The third kappa shape index (κ3) is 1.45. The summed E-state index contributed by atoms with van der Waals surface area (Å²) in [4.78, 5) is 12.3. The van der Waals surface area contributed by atoms with Crippen molar-refractivity contribution in [3.05, 3.63) is 27.0 Å². The van der Waals surface area contributed by atoms with Crippen LogP contribution in [-0.2, 0) is 24.3 Å². The molecule has 1 aromatic heterocycles. The maximum Gasteiger partial charge on any atom is 0.257 e. The summed E-state index contributed by atoms with van der Waals surface area (Å²) in [7, 11) is 0. The number of hydrogen-bond donors (Lipinski definition) is 1. The van der Waals surface area contributed by atoms with Crippen LogP contribution in [0.3, 0.4) is 0 Å². The number of pyridine rings is 1. The number of nitriles is 1. The van der Waals surface area contributed by atoms with Crippen LogP contribution in [0.1, 0.15) is 29.5 Å². The van der Waals surface area contributed by atoms with Crippen LogP contribution in [0.15, 0.2) is 4.79 Å². The van der Waals surface area contributed by atoms with Crippen molar-refractivity contribution in [2.24, 2.45) is 0 Å². The van der Waals surface area contributed by atoms with Crippen LogP contribution in [-0.4, -0.2) is 11.3 Å². The number of nitrogens with zero attached hydrogens (tertiary/aromatic N) is 2. The van der Waals surface area contributed by atoms with Gasteiger partial charge < -0.3 is 10.1 Å². The summed E-state index contributed by atoms with van der Waals surface area (Å²) in [5.74, 6) is 0.629. The summed E-state index contributed by atoms with van der Waals surface area (Å²) in [6.07, 6.45) is 3.70. The van der Waals surface area contributed by atoms with Gasteiger partial charge >= 0.3 is 0 Å². The molecule has 0 amide bonds. The third-order valence-electron chi connectivity index (χ3n) is 3.45. The van der Waals surface area contributed by atoms with E-state index in [0.29, 0.717) is 18.1 Å². The lowest BCUT2D eigenvalue weighted by atomic mass is 9.89. The minimum Gasteiger partial charge on any atom is -0.347 e. The van der Waals surface area contributed by atoms with Gasteiger partial charge in [0.05, 0.1) is 5.56 Å². The van der Waals surface area contributed by atoms with Gasteiger partial charge in [0.2, 0.25) is 0 Å². The Kier molecular flexibility index (Phi) is 2.37. The minimum atomic E-state index is 0.000833. The van der Waals surface area contributed by atoms with Gasteiger partial charge in [-0.25, -0.2) is 0 Å². The van der Waals surface area contributed by atoms with Crippen LogP contribution >= 0.6 is 0 Å². The summed E-state index contributed by atoms with van der Waals surface area (Å²) in [5.41, 5.74) is 2.39. The number of rotatable bonds is 0. The molecule has 1 N–H and O–H groups in total. The van der Waals surface area contributed by atoms with Gasteiger partial charge in [-0.05, 0) is 31.2 Å². The molecule has 0 saturated carbocycles. The van der Waals surface area contributed by atoms with Gasteiger partial charge in [-0.15, -0.1) is 0 Å². The second-order valence-corrected chi connectivity index (χ2v) is 4.39. The summed E-state index contributed by atoms with van der Waals surface area (Å²) in [6.45, 7) is 0.593. The first-order chi connectivity index (χ1) is 8.33. The summed E-state index contributed by atoms with van der Waals surface area (Å²) in [6, 6.07) is 2.23. The molecule has 0 spiro atoms. The second kappa shape index (κ2) is 3.90. The molecule has 0 unspecified atom stereocenters. The van der Waals surface area contributed by atoms with E-state index >= 15 is 0 Å². The predicted octanol–water partition coefficient (Wildman–Crippen LogP) is 0.956. The lowest BCUT2D eigenvalue weighted by Gasteiger charge is -2.26. The van der Waals surface area contributed by atoms with Gasteiger partial charge in [0.25, 0.3) is 5.56 Å². The maximum absolute atomic E-state index is 12.3. The van der Waals surface area contributed by atoms with Crippen molar-refractivity contribution in [2.45, 2.75) is 32.4 Å². The van der Waals surface area contributed by atoms with E-state index in [1.54, 1.807) is 0 Å². The average molecular weight is 231 g/mol. The van der Waals surface area contributed by atoms with Crippen LogP contribution in [0.4, 0.5) is 5.82 Å². The number of aromatic nitrogens is 1. The smallest absolute Gasteiger partial charge is 0.257 e. The first-order valence-corrected chi connectivity index (χ1v) is 5.83. The molecule has 17 heavy (non-hydrogen) atoms.